The van der Waals surface area contributed by atoms with Gasteiger partial charge >= 0.3 is 0 Å². The third-order valence-electron chi connectivity index (χ3n) is 3.41. The largest absolute Gasteiger partial charge is 0.460 e. The molecule has 3 rings (SSSR count). The highest BCUT2D eigenvalue weighted by molar-refractivity contribution is 7.99. The number of amides is 1. The molecule has 0 unspecified atom stereocenters. The predicted octanol–water partition coefficient (Wildman–Crippen LogP) is 3.20. The summed E-state index contributed by atoms with van der Waals surface area (Å²) in [6, 6.07) is 11.6. The molecule has 24 heavy (non-hydrogen) atoms. The zero-order valence-corrected chi connectivity index (χ0v) is 14.3. The third kappa shape index (κ3) is 3.68. The lowest BCUT2D eigenvalue weighted by Gasteiger charge is -2.04. The highest BCUT2D eigenvalue weighted by atomic mass is 32.2. The van der Waals surface area contributed by atoms with E-state index in [1.165, 1.54) is 18.0 Å². The quantitative estimate of drug-likeness (QED) is 0.424. The highest BCUT2D eigenvalue weighted by Gasteiger charge is 2.11. The lowest BCUT2D eigenvalue weighted by Crippen LogP contribution is -2.19. The topological polar surface area (TPSA) is 72.4 Å². The first-order valence-corrected chi connectivity index (χ1v) is 8.62. The molecule has 0 saturated heterocycles. The van der Waals surface area contributed by atoms with Crippen LogP contribution >= 0.6 is 11.8 Å². The van der Waals surface area contributed by atoms with E-state index in [2.05, 4.69) is 27.0 Å². The minimum absolute atomic E-state index is 0.186. The van der Waals surface area contributed by atoms with Crippen LogP contribution in [0.2, 0.25) is 0 Å². The Labute approximate surface area is 143 Å². The molecule has 1 N–H and O–H groups in total. The van der Waals surface area contributed by atoms with Crippen LogP contribution in [-0.4, -0.2) is 27.4 Å². The number of hydrogen-bond acceptors (Lipinski definition) is 5. The van der Waals surface area contributed by atoms with Gasteiger partial charge in [0, 0.05) is 6.54 Å². The standard InChI is InChI=1S/C17H18N4O2S/c1-3-21-15-7-5-4-6-14(15)19-17(21)24-11-16(22)20-18-10-13-9-8-12(2)23-13/h4-10H,3,11H2,1-2H3,(H,20,22)/b18-10+. The molecule has 2 aromatic heterocycles. The summed E-state index contributed by atoms with van der Waals surface area (Å²) in [6.07, 6.45) is 1.48. The number of para-hydroxylation sites is 2. The first-order valence-electron chi connectivity index (χ1n) is 7.64. The van der Waals surface area contributed by atoms with Crippen LogP contribution in [0.1, 0.15) is 18.4 Å². The Hall–Kier alpha value is -2.54. The molecule has 0 saturated carbocycles. The Balaban J connectivity index is 1.59. The van der Waals surface area contributed by atoms with Crippen LogP contribution in [0.5, 0.6) is 0 Å². The summed E-state index contributed by atoms with van der Waals surface area (Å²) in [5, 5.41) is 4.73. The van der Waals surface area contributed by atoms with Crippen molar-refractivity contribution in [3.63, 3.8) is 0 Å². The second-order valence-electron chi connectivity index (χ2n) is 5.16. The summed E-state index contributed by atoms with van der Waals surface area (Å²) in [5.74, 6) is 1.47. The summed E-state index contributed by atoms with van der Waals surface area (Å²) in [4.78, 5) is 16.5. The van der Waals surface area contributed by atoms with Crippen molar-refractivity contribution in [3.05, 3.63) is 47.9 Å². The van der Waals surface area contributed by atoms with Crippen LogP contribution < -0.4 is 5.43 Å². The summed E-state index contributed by atoms with van der Waals surface area (Å²) in [6.45, 7) is 4.72. The number of aryl methyl sites for hydroxylation is 2. The molecule has 0 spiro atoms. The molecule has 0 aliphatic heterocycles. The van der Waals surface area contributed by atoms with E-state index in [-0.39, 0.29) is 11.7 Å². The number of hydrazone groups is 1. The molecule has 0 aliphatic carbocycles. The normalized spacial score (nSPS) is 11.4. The van der Waals surface area contributed by atoms with Crippen LogP contribution in [-0.2, 0) is 11.3 Å². The van der Waals surface area contributed by atoms with Gasteiger partial charge in [-0.25, -0.2) is 10.4 Å². The monoisotopic (exact) mass is 342 g/mol. The zero-order chi connectivity index (χ0) is 16.9. The van der Waals surface area contributed by atoms with Crippen LogP contribution in [0, 0.1) is 6.92 Å². The van der Waals surface area contributed by atoms with Gasteiger partial charge in [-0.05, 0) is 38.1 Å². The molecule has 0 aliphatic rings. The Kier molecular flexibility index (Phi) is 5.00. The smallest absolute Gasteiger partial charge is 0.250 e. The average molecular weight is 342 g/mol. The number of furan rings is 1. The van der Waals surface area contributed by atoms with Gasteiger partial charge in [0.25, 0.3) is 5.91 Å². The zero-order valence-electron chi connectivity index (χ0n) is 13.5. The van der Waals surface area contributed by atoms with Crippen molar-refractivity contribution >= 4 is 34.9 Å². The van der Waals surface area contributed by atoms with Gasteiger partial charge in [0.15, 0.2) is 5.16 Å². The second-order valence-corrected chi connectivity index (χ2v) is 6.10. The maximum atomic E-state index is 11.9. The Morgan fingerprint density at radius 2 is 2.21 bits per heavy atom. The molecule has 124 valence electrons. The molecule has 1 aromatic carbocycles. The van der Waals surface area contributed by atoms with Gasteiger partial charge in [-0.3, -0.25) is 4.79 Å². The molecule has 0 bridgehead atoms. The first kappa shape index (κ1) is 16.3. The van der Waals surface area contributed by atoms with Gasteiger partial charge in [-0.15, -0.1) is 0 Å². The van der Waals surface area contributed by atoms with E-state index in [4.69, 9.17) is 4.42 Å². The average Bonchev–Trinajstić information content (AvgIpc) is 3.15. The number of imidazole rings is 1. The van der Waals surface area contributed by atoms with Gasteiger partial charge < -0.3 is 8.98 Å². The van der Waals surface area contributed by atoms with Gasteiger partial charge in [0.05, 0.1) is 23.0 Å². The van der Waals surface area contributed by atoms with Crippen molar-refractivity contribution in [2.45, 2.75) is 25.5 Å². The highest BCUT2D eigenvalue weighted by Crippen LogP contribution is 2.23. The molecule has 2 heterocycles. The van der Waals surface area contributed by atoms with Crippen molar-refractivity contribution in [3.8, 4) is 0 Å². The second kappa shape index (κ2) is 7.35. The Morgan fingerprint density at radius 3 is 2.96 bits per heavy atom. The maximum Gasteiger partial charge on any atom is 0.250 e. The first-order chi connectivity index (χ1) is 11.7. The minimum Gasteiger partial charge on any atom is -0.460 e. The van der Waals surface area contributed by atoms with Crippen molar-refractivity contribution in [2.75, 3.05) is 5.75 Å². The molecular formula is C17H18N4O2S. The lowest BCUT2D eigenvalue weighted by molar-refractivity contribution is -0.118. The Morgan fingerprint density at radius 1 is 1.38 bits per heavy atom. The minimum atomic E-state index is -0.186. The number of nitrogens with one attached hydrogen (secondary N) is 1. The van der Waals surface area contributed by atoms with Crippen molar-refractivity contribution in [1.29, 1.82) is 0 Å². The summed E-state index contributed by atoms with van der Waals surface area (Å²) < 4.78 is 7.44. The molecule has 1 amide bonds. The number of nitrogens with zero attached hydrogens (tertiary/aromatic N) is 3. The van der Waals surface area contributed by atoms with Gasteiger partial charge in [0.2, 0.25) is 0 Å². The number of rotatable bonds is 6. The summed E-state index contributed by atoms with van der Waals surface area (Å²) in [5.41, 5.74) is 4.51. The fourth-order valence-corrected chi connectivity index (χ4v) is 3.19. The number of hydrogen-bond donors (Lipinski definition) is 1. The van der Waals surface area contributed by atoms with Crippen molar-refractivity contribution in [2.24, 2.45) is 5.10 Å². The van der Waals surface area contributed by atoms with Crippen molar-refractivity contribution < 1.29 is 9.21 Å². The van der Waals surface area contributed by atoms with E-state index in [9.17, 15) is 4.79 Å². The lowest BCUT2D eigenvalue weighted by atomic mass is 10.3. The van der Waals surface area contributed by atoms with E-state index >= 15 is 0 Å². The van der Waals surface area contributed by atoms with Crippen LogP contribution in [0.25, 0.3) is 11.0 Å². The van der Waals surface area contributed by atoms with Gasteiger partial charge in [-0.2, -0.15) is 5.10 Å². The summed E-state index contributed by atoms with van der Waals surface area (Å²) in [7, 11) is 0. The summed E-state index contributed by atoms with van der Waals surface area (Å²) >= 11 is 1.40. The molecule has 7 heteroatoms. The number of aromatic nitrogens is 2. The molecular weight excluding hydrogens is 324 g/mol. The number of carbonyl (C=O) groups is 1. The number of fused-ring (bicyclic) bond motifs is 1. The van der Waals surface area contributed by atoms with E-state index in [0.29, 0.717) is 5.76 Å². The molecule has 3 aromatic rings. The van der Waals surface area contributed by atoms with E-state index < -0.39 is 0 Å². The predicted molar refractivity (Wildman–Crippen MR) is 95.3 cm³/mol. The van der Waals surface area contributed by atoms with Crippen molar-refractivity contribution in [1.82, 2.24) is 15.0 Å². The van der Waals surface area contributed by atoms with Crippen LogP contribution in [0.4, 0.5) is 0 Å². The van der Waals surface area contributed by atoms with Crippen LogP contribution in [0.15, 0.2) is 51.1 Å². The molecule has 0 atom stereocenters. The van der Waals surface area contributed by atoms with E-state index in [1.54, 1.807) is 6.07 Å². The number of benzene rings is 1. The van der Waals surface area contributed by atoms with E-state index in [0.717, 1.165) is 28.5 Å². The molecule has 0 fully saturated rings. The van der Waals surface area contributed by atoms with E-state index in [1.807, 2.05) is 37.3 Å². The third-order valence-corrected chi connectivity index (χ3v) is 4.39. The van der Waals surface area contributed by atoms with Crippen LogP contribution in [0.3, 0.4) is 0 Å². The van der Waals surface area contributed by atoms with Gasteiger partial charge in [0.1, 0.15) is 11.5 Å². The molecule has 0 radical (unpaired) electrons. The SMILES string of the molecule is CCn1c(SCC(=O)N/N=C/c2ccc(C)o2)nc2ccccc21. The number of carbonyl (C=O) groups excluding carboxylic acids is 1. The Bertz CT molecular complexity index is 882. The fourth-order valence-electron chi connectivity index (χ4n) is 2.32. The maximum absolute atomic E-state index is 11.9. The fraction of sp³-hybridized carbons (Fsp3) is 0.235. The molecule has 6 nitrogen and oxygen atoms in total. The number of thioether (sulfide) groups is 1. The van der Waals surface area contributed by atoms with Gasteiger partial charge in [-0.1, -0.05) is 23.9 Å².